The Morgan fingerprint density at radius 2 is 2.12 bits per heavy atom. The summed E-state index contributed by atoms with van der Waals surface area (Å²) in [5.74, 6) is -0.544. The fourth-order valence-electron chi connectivity index (χ4n) is 2.63. The maximum Gasteiger partial charge on any atom is 0.338 e. The average molecular weight is 347 g/mol. The Labute approximate surface area is 145 Å². The number of benzene rings is 1. The summed E-state index contributed by atoms with van der Waals surface area (Å²) in [7, 11) is 0. The maximum absolute atomic E-state index is 12.5. The number of non-ortho nitro benzene ring substituents is 1. The number of hydrogen-bond donors (Lipinski definition) is 2. The summed E-state index contributed by atoms with van der Waals surface area (Å²) in [5, 5.41) is 16.2. The van der Waals surface area contributed by atoms with Gasteiger partial charge in [0.2, 0.25) is 0 Å². The highest BCUT2D eigenvalue weighted by Crippen LogP contribution is 2.29. The molecule has 0 aliphatic carbocycles. The number of nitrogens with one attached hydrogen (secondary N) is 2. The van der Waals surface area contributed by atoms with Gasteiger partial charge in [0.15, 0.2) is 0 Å². The van der Waals surface area contributed by atoms with Crippen LogP contribution >= 0.6 is 0 Å². The van der Waals surface area contributed by atoms with Crippen molar-refractivity contribution in [2.45, 2.75) is 39.2 Å². The smallest absolute Gasteiger partial charge is 0.338 e. The molecule has 1 aliphatic heterocycles. The molecule has 0 saturated carbocycles. The quantitative estimate of drug-likeness (QED) is 0.341. The molecule has 2 N–H and O–H groups in total. The molecule has 134 valence electrons. The SMILES string of the molecule is CCCCCOC(=O)C1=C(C)NC(=O)NC1c1cccc([N+](=O)[O-])c1. The number of carbonyl (C=O) groups is 2. The van der Waals surface area contributed by atoms with E-state index in [-0.39, 0.29) is 11.3 Å². The van der Waals surface area contributed by atoms with Crippen molar-refractivity contribution in [2.24, 2.45) is 0 Å². The molecule has 25 heavy (non-hydrogen) atoms. The van der Waals surface area contributed by atoms with Gasteiger partial charge in [0.05, 0.1) is 23.1 Å². The summed E-state index contributed by atoms with van der Waals surface area (Å²) in [5.41, 5.74) is 0.958. The monoisotopic (exact) mass is 347 g/mol. The zero-order valence-corrected chi connectivity index (χ0v) is 14.2. The van der Waals surface area contributed by atoms with Crippen molar-refractivity contribution in [1.82, 2.24) is 10.6 Å². The number of urea groups is 1. The number of amides is 2. The first kappa shape index (κ1) is 18.4. The van der Waals surface area contributed by atoms with E-state index in [1.807, 2.05) is 6.92 Å². The lowest BCUT2D eigenvalue weighted by atomic mass is 9.95. The fourth-order valence-corrected chi connectivity index (χ4v) is 2.63. The maximum atomic E-state index is 12.5. The average Bonchev–Trinajstić information content (AvgIpc) is 2.58. The number of ether oxygens (including phenoxy) is 1. The van der Waals surface area contributed by atoms with Gasteiger partial charge in [-0.2, -0.15) is 0 Å². The highest BCUT2D eigenvalue weighted by Gasteiger charge is 2.32. The van der Waals surface area contributed by atoms with Crippen LogP contribution in [0.25, 0.3) is 0 Å². The minimum absolute atomic E-state index is 0.112. The second kappa shape index (κ2) is 8.27. The Bertz CT molecular complexity index is 714. The third-order valence-corrected chi connectivity index (χ3v) is 3.88. The van der Waals surface area contributed by atoms with E-state index in [0.29, 0.717) is 17.9 Å². The van der Waals surface area contributed by atoms with E-state index < -0.39 is 23.0 Å². The van der Waals surface area contributed by atoms with Crippen LogP contribution in [0.2, 0.25) is 0 Å². The van der Waals surface area contributed by atoms with Crippen molar-refractivity contribution in [1.29, 1.82) is 0 Å². The molecule has 2 amide bonds. The predicted molar refractivity (Wildman–Crippen MR) is 90.7 cm³/mol. The van der Waals surface area contributed by atoms with Gasteiger partial charge in [0.25, 0.3) is 5.69 Å². The molecule has 1 heterocycles. The van der Waals surface area contributed by atoms with Crippen molar-refractivity contribution in [3.8, 4) is 0 Å². The normalized spacial score (nSPS) is 16.9. The number of allylic oxidation sites excluding steroid dienone is 1. The Morgan fingerprint density at radius 3 is 2.80 bits per heavy atom. The van der Waals surface area contributed by atoms with Gasteiger partial charge in [-0.1, -0.05) is 31.9 Å². The van der Waals surface area contributed by atoms with Gasteiger partial charge in [-0.3, -0.25) is 10.1 Å². The number of carbonyl (C=O) groups excluding carboxylic acids is 2. The Balaban J connectivity index is 2.29. The molecule has 1 unspecified atom stereocenters. The molecule has 1 aromatic carbocycles. The number of unbranched alkanes of at least 4 members (excludes halogenated alkanes) is 2. The molecule has 1 aliphatic rings. The zero-order chi connectivity index (χ0) is 18.4. The van der Waals surface area contributed by atoms with Crippen LogP contribution < -0.4 is 10.6 Å². The first-order valence-corrected chi connectivity index (χ1v) is 8.13. The molecule has 1 atom stereocenters. The second-order valence-electron chi connectivity index (χ2n) is 5.77. The van der Waals surface area contributed by atoms with Crippen LogP contribution in [0.15, 0.2) is 35.5 Å². The summed E-state index contributed by atoms with van der Waals surface area (Å²) >= 11 is 0. The van der Waals surface area contributed by atoms with Gasteiger partial charge in [-0.15, -0.1) is 0 Å². The van der Waals surface area contributed by atoms with Crippen molar-refractivity contribution in [3.63, 3.8) is 0 Å². The largest absolute Gasteiger partial charge is 0.462 e. The summed E-state index contributed by atoms with van der Waals surface area (Å²) in [6, 6.07) is 4.56. The lowest BCUT2D eigenvalue weighted by Gasteiger charge is -2.28. The third kappa shape index (κ3) is 4.56. The molecule has 0 fully saturated rings. The predicted octanol–water partition coefficient (Wildman–Crippen LogP) is 2.96. The summed E-state index contributed by atoms with van der Waals surface area (Å²) in [4.78, 5) is 34.7. The summed E-state index contributed by atoms with van der Waals surface area (Å²) in [6.45, 7) is 3.94. The van der Waals surface area contributed by atoms with E-state index in [9.17, 15) is 19.7 Å². The van der Waals surface area contributed by atoms with Crippen molar-refractivity contribution in [3.05, 3.63) is 51.2 Å². The second-order valence-corrected chi connectivity index (χ2v) is 5.77. The first-order chi connectivity index (χ1) is 11.9. The molecule has 0 aromatic heterocycles. The van der Waals surface area contributed by atoms with E-state index in [0.717, 1.165) is 19.3 Å². The van der Waals surface area contributed by atoms with Crippen LogP contribution in [0.1, 0.15) is 44.7 Å². The molecule has 0 saturated heterocycles. The minimum atomic E-state index is -0.799. The lowest BCUT2D eigenvalue weighted by Crippen LogP contribution is -2.45. The molecule has 0 radical (unpaired) electrons. The number of nitrogens with zero attached hydrogens (tertiary/aromatic N) is 1. The van der Waals surface area contributed by atoms with Crippen LogP contribution in [0.5, 0.6) is 0 Å². The Hall–Kier alpha value is -2.90. The van der Waals surface area contributed by atoms with Gasteiger partial charge < -0.3 is 15.4 Å². The van der Waals surface area contributed by atoms with Gasteiger partial charge in [-0.25, -0.2) is 9.59 Å². The van der Waals surface area contributed by atoms with E-state index >= 15 is 0 Å². The van der Waals surface area contributed by atoms with Crippen LogP contribution in [0.4, 0.5) is 10.5 Å². The summed E-state index contributed by atoms with van der Waals surface area (Å²) < 4.78 is 5.30. The number of hydrogen-bond acceptors (Lipinski definition) is 5. The standard InChI is InChI=1S/C17H21N3O5/c1-3-4-5-9-25-16(21)14-11(2)18-17(22)19-15(14)12-7-6-8-13(10-12)20(23)24/h6-8,10,15H,3-5,9H2,1-2H3,(H2,18,19,22). The van der Waals surface area contributed by atoms with E-state index in [4.69, 9.17) is 4.74 Å². The first-order valence-electron chi connectivity index (χ1n) is 8.13. The highest BCUT2D eigenvalue weighted by molar-refractivity contribution is 5.95. The topological polar surface area (TPSA) is 111 Å². The van der Waals surface area contributed by atoms with Gasteiger partial charge in [-0.05, 0) is 18.9 Å². The van der Waals surface area contributed by atoms with Crippen molar-refractivity contribution in [2.75, 3.05) is 6.61 Å². The minimum Gasteiger partial charge on any atom is -0.462 e. The van der Waals surface area contributed by atoms with Crippen LogP contribution in [-0.2, 0) is 9.53 Å². The van der Waals surface area contributed by atoms with Gasteiger partial charge >= 0.3 is 12.0 Å². The third-order valence-electron chi connectivity index (χ3n) is 3.88. The van der Waals surface area contributed by atoms with Crippen molar-refractivity contribution >= 4 is 17.7 Å². The molecular weight excluding hydrogens is 326 g/mol. The van der Waals surface area contributed by atoms with Gasteiger partial charge in [0, 0.05) is 17.8 Å². The van der Waals surface area contributed by atoms with E-state index in [1.54, 1.807) is 13.0 Å². The molecule has 0 bridgehead atoms. The Morgan fingerprint density at radius 1 is 1.36 bits per heavy atom. The molecule has 1 aromatic rings. The van der Waals surface area contributed by atoms with Gasteiger partial charge in [0.1, 0.15) is 0 Å². The number of nitro groups is 1. The summed E-state index contributed by atoms with van der Waals surface area (Å²) in [6.07, 6.45) is 2.72. The van der Waals surface area contributed by atoms with E-state index in [2.05, 4.69) is 10.6 Å². The van der Waals surface area contributed by atoms with Crippen LogP contribution in [0, 0.1) is 10.1 Å². The molecule has 8 heteroatoms. The van der Waals surface area contributed by atoms with Crippen LogP contribution in [-0.4, -0.2) is 23.5 Å². The fraction of sp³-hybridized carbons (Fsp3) is 0.412. The van der Waals surface area contributed by atoms with Crippen molar-refractivity contribution < 1.29 is 19.2 Å². The van der Waals surface area contributed by atoms with E-state index in [1.165, 1.54) is 18.2 Å². The molecular formula is C17H21N3O5. The van der Waals surface area contributed by atoms with Crippen LogP contribution in [0.3, 0.4) is 0 Å². The lowest BCUT2D eigenvalue weighted by molar-refractivity contribution is -0.384. The molecule has 2 rings (SSSR count). The number of rotatable bonds is 7. The highest BCUT2D eigenvalue weighted by atomic mass is 16.6. The molecule has 8 nitrogen and oxygen atoms in total. The zero-order valence-electron chi connectivity index (χ0n) is 14.2. The number of esters is 1. The Kier molecular flexibility index (Phi) is 6.10. The number of nitro benzene ring substituents is 1. The molecule has 0 spiro atoms.